The minimum atomic E-state index is 0.886. The van der Waals surface area contributed by atoms with E-state index in [4.69, 9.17) is 4.99 Å². The first-order valence-electron chi connectivity index (χ1n) is 18.4. The molecule has 1 aromatic heterocycles. The molecule has 0 N–H and O–H groups in total. The number of para-hydroxylation sites is 2. The standard InChI is InChI=1S/C52H38N2/c1-36(38-17-7-3-8-18-38)46-34-47(42-29-27-41(28-30-42)40-21-11-5-12-22-40)48(35-50(46)53-37(2)39-19-9-4-10-20-39)43-31-32-52-49(33-43)45-25-15-16-26-51(45)54(52)44-23-13-6-14-24-44/h3-35H,1H2,2H3. The predicted molar refractivity (Wildman–Crippen MR) is 230 cm³/mol. The van der Waals surface area contributed by atoms with Gasteiger partial charge in [-0.25, -0.2) is 0 Å². The van der Waals surface area contributed by atoms with Crippen molar-refractivity contribution >= 4 is 38.8 Å². The molecule has 0 fully saturated rings. The zero-order valence-electron chi connectivity index (χ0n) is 30.2. The fraction of sp³-hybridized carbons (Fsp3) is 0.0192. The molecule has 9 rings (SSSR count). The molecule has 0 unspecified atom stereocenters. The molecule has 1 heterocycles. The number of hydrogen-bond acceptors (Lipinski definition) is 1. The molecule has 9 aromatic rings. The minimum absolute atomic E-state index is 0.886. The van der Waals surface area contributed by atoms with E-state index in [9.17, 15) is 0 Å². The zero-order chi connectivity index (χ0) is 36.4. The molecule has 0 saturated carbocycles. The minimum Gasteiger partial charge on any atom is -0.309 e. The van der Waals surface area contributed by atoms with Crippen LogP contribution in [0.25, 0.3) is 66.4 Å². The van der Waals surface area contributed by atoms with Gasteiger partial charge < -0.3 is 4.57 Å². The second-order valence-electron chi connectivity index (χ2n) is 13.7. The predicted octanol–water partition coefficient (Wildman–Crippen LogP) is 14.0. The summed E-state index contributed by atoms with van der Waals surface area (Å²) in [6, 6.07) is 71.1. The van der Waals surface area contributed by atoms with E-state index in [0.29, 0.717) is 0 Å². The highest BCUT2D eigenvalue weighted by atomic mass is 15.0. The number of nitrogens with zero attached hydrogens (tertiary/aromatic N) is 2. The van der Waals surface area contributed by atoms with Crippen LogP contribution < -0.4 is 0 Å². The van der Waals surface area contributed by atoms with Gasteiger partial charge in [0.15, 0.2) is 0 Å². The highest BCUT2D eigenvalue weighted by Crippen LogP contribution is 2.43. The largest absolute Gasteiger partial charge is 0.309 e. The molecule has 256 valence electrons. The van der Waals surface area contributed by atoms with Crippen molar-refractivity contribution in [2.24, 2.45) is 4.99 Å². The highest BCUT2D eigenvalue weighted by Gasteiger charge is 2.19. The normalized spacial score (nSPS) is 11.6. The third-order valence-corrected chi connectivity index (χ3v) is 10.4. The second kappa shape index (κ2) is 14.2. The van der Waals surface area contributed by atoms with Crippen molar-refractivity contribution in [2.75, 3.05) is 0 Å². The quantitative estimate of drug-likeness (QED) is 0.141. The maximum absolute atomic E-state index is 5.36. The number of aliphatic imine (C=N–C) groups is 1. The Morgan fingerprint density at radius 2 is 0.963 bits per heavy atom. The van der Waals surface area contributed by atoms with E-state index in [0.717, 1.165) is 61.6 Å². The van der Waals surface area contributed by atoms with Crippen LogP contribution in [0.1, 0.15) is 23.6 Å². The topological polar surface area (TPSA) is 17.3 Å². The van der Waals surface area contributed by atoms with Crippen molar-refractivity contribution in [2.45, 2.75) is 6.92 Å². The third-order valence-electron chi connectivity index (χ3n) is 10.4. The summed E-state index contributed by atoms with van der Waals surface area (Å²) in [6.07, 6.45) is 0. The van der Waals surface area contributed by atoms with Crippen LogP contribution in [0.15, 0.2) is 212 Å². The summed E-state index contributed by atoms with van der Waals surface area (Å²) in [7, 11) is 0. The van der Waals surface area contributed by atoms with E-state index < -0.39 is 0 Å². The van der Waals surface area contributed by atoms with E-state index in [1.54, 1.807) is 0 Å². The summed E-state index contributed by atoms with van der Waals surface area (Å²) in [5.74, 6) is 0. The molecular weight excluding hydrogens is 653 g/mol. The Kier molecular flexibility index (Phi) is 8.63. The molecule has 0 atom stereocenters. The van der Waals surface area contributed by atoms with Crippen LogP contribution in [-0.2, 0) is 0 Å². The lowest BCUT2D eigenvalue weighted by molar-refractivity contribution is 1.18. The van der Waals surface area contributed by atoms with Gasteiger partial charge in [-0.2, -0.15) is 0 Å². The second-order valence-corrected chi connectivity index (χ2v) is 13.7. The summed E-state index contributed by atoms with van der Waals surface area (Å²) in [6.45, 7) is 6.75. The van der Waals surface area contributed by atoms with Crippen molar-refractivity contribution in [3.8, 4) is 39.1 Å². The van der Waals surface area contributed by atoms with E-state index in [-0.39, 0.29) is 0 Å². The van der Waals surface area contributed by atoms with Crippen LogP contribution in [0.2, 0.25) is 0 Å². The van der Waals surface area contributed by atoms with Gasteiger partial charge in [-0.05, 0) is 99.5 Å². The Morgan fingerprint density at radius 1 is 0.444 bits per heavy atom. The first kappa shape index (κ1) is 32.8. The summed E-state index contributed by atoms with van der Waals surface area (Å²) >= 11 is 0. The molecule has 0 radical (unpaired) electrons. The lowest BCUT2D eigenvalue weighted by Gasteiger charge is -2.18. The SMILES string of the molecule is C=C(c1ccccc1)c1cc(-c2ccc(-c3ccccc3)cc2)c(-c2ccc3c(c2)c2ccccc2n3-c2ccccc2)cc1N=C(C)c1ccccc1. The van der Waals surface area contributed by atoms with Gasteiger partial charge in [-0.1, -0.05) is 164 Å². The van der Waals surface area contributed by atoms with Gasteiger partial charge in [-0.3, -0.25) is 4.99 Å². The van der Waals surface area contributed by atoms with Crippen molar-refractivity contribution in [3.05, 3.63) is 223 Å². The van der Waals surface area contributed by atoms with Gasteiger partial charge in [0.2, 0.25) is 0 Å². The molecule has 0 amide bonds. The van der Waals surface area contributed by atoms with Crippen molar-refractivity contribution in [3.63, 3.8) is 0 Å². The Hall–Kier alpha value is -7.03. The Bertz CT molecular complexity index is 2790. The van der Waals surface area contributed by atoms with Crippen LogP contribution in [0.4, 0.5) is 5.69 Å². The number of benzene rings is 8. The molecule has 2 heteroatoms. The van der Waals surface area contributed by atoms with Crippen molar-refractivity contribution in [1.82, 2.24) is 4.57 Å². The van der Waals surface area contributed by atoms with Crippen LogP contribution in [0.5, 0.6) is 0 Å². The number of aromatic nitrogens is 1. The van der Waals surface area contributed by atoms with E-state index in [2.05, 4.69) is 206 Å². The lowest BCUT2D eigenvalue weighted by atomic mass is 9.87. The van der Waals surface area contributed by atoms with E-state index >= 15 is 0 Å². The molecule has 0 bridgehead atoms. The monoisotopic (exact) mass is 690 g/mol. The number of fused-ring (bicyclic) bond motifs is 3. The smallest absolute Gasteiger partial charge is 0.0718 e. The van der Waals surface area contributed by atoms with E-state index in [1.807, 2.05) is 12.1 Å². The summed E-state index contributed by atoms with van der Waals surface area (Å²) in [5, 5.41) is 2.43. The lowest BCUT2D eigenvalue weighted by Crippen LogP contribution is -1.97. The van der Waals surface area contributed by atoms with Crippen LogP contribution >= 0.6 is 0 Å². The molecule has 2 nitrogen and oxygen atoms in total. The van der Waals surface area contributed by atoms with Crippen molar-refractivity contribution < 1.29 is 0 Å². The van der Waals surface area contributed by atoms with Gasteiger partial charge in [0.05, 0.1) is 16.7 Å². The van der Waals surface area contributed by atoms with Gasteiger partial charge in [0.1, 0.15) is 0 Å². The summed E-state index contributed by atoms with van der Waals surface area (Å²) < 4.78 is 2.36. The molecule has 8 aromatic carbocycles. The third kappa shape index (κ3) is 6.14. The van der Waals surface area contributed by atoms with Crippen LogP contribution in [0, 0.1) is 0 Å². The average molecular weight is 691 g/mol. The van der Waals surface area contributed by atoms with Gasteiger partial charge in [0, 0.05) is 27.7 Å². The van der Waals surface area contributed by atoms with Gasteiger partial charge >= 0.3 is 0 Å². The maximum atomic E-state index is 5.36. The Balaban J connectivity index is 1.30. The van der Waals surface area contributed by atoms with Crippen molar-refractivity contribution in [1.29, 1.82) is 0 Å². The fourth-order valence-electron chi connectivity index (χ4n) is 7.59. The summed E-state index contributed by atoms with van der Waals surface area (Å²) in [5.41, 5.74) is 16.3. The average Bonchev–Trinajstić information content (AvgIpc) is 3.58. The molecular formula is C52H38N2. The first-order chi connectivity index (χ1) is 26.6. The summed E-state index contributed by atoms with van der Waals surface area (Å²) in [4.78, 5) is 5.36. The van der Waals surface area contributed by atoms with Gasteiger partial charge in [-0.15, -0.1) is 0 Å². The zero-order valence-corrected chi connectivity index (χ0v) is 30.2. The number of hydrogen-bond donors (Lipinski definition) is 0. The maximum Gasteiger partial charge on any atom is 0.0718 e. The Labute approximate surface area is 316 Å². The molecule has 0 aliphatic carbocycles. The van der Waals surface area contributed by atoms with Gasteiger partial charge in [0.25, 0.3) is 0 Å². The Morgan fingerprint density at radius 3 is 1.67 bits per heavy atom. The number of rotatable bonds is 8. The molecule has 0 aliphatic heterocycles. The highest BCUT2D eigenvalue weighted by molar-refractivity contribution is 6.11. The molecule has 0 saturated heterocycles. The van der Waals surface area contributed by atoms with Crippen LogP contribution in [-0.4, -0.2) is 10.3 Å². The molecule has 54 heavy (non-hydrogen) atoms. The molecule has 0 aliphatic rings. The fourth-order valence-corrected chi connectivity index (χ4v) is 7.59. The molecule has 0 spiro atoms. The first-order valence-corrected chi connectivity index (χ1v) is 18.4. The van der Waals surface area contributed by atoms with Crippen LogP contribution in [0.3, 0.4) is 0 Å². The van der Waals surface area contributed by atoms with E-state index in [1.165, 1.54) is 32.9 Å².